The van der Waals surface area contributed by atoms with E-state index >= 15 is 0 Å². The molecule has 6 nitrogen and oxygen atoms in total. The van der Waals surface area contributed by atoms with Gasteiger partial charge >= 0.3 is 0 Å². The number of H-pyrrole nitrogens is 1. The number of aromatic nitrogens is 3. The molecule has 5 heterocycles. The number of nitrogens with one attached hydrogen (secondary N) is 2. The first-order valence-corrected chi connectivity index (χ1v) is 9.57. The van der Waals surface area contributed by atoms with Gasteiger partial charge in [0, 0.05) is 35.1 Å². The van der Waals surface area contributed by atoms with Crippen LogP contribution in [0.4, 0.5) is 0 Å². The minimum absolute atomic E-state index is 0.0821. The van der Waals surface area contributed by atoms with Crippen molar-refractivity contribution in [3.05, 3.63) is 35.5 Å². The van der Waals surface area contributed by atoms with E-state index in [-0.39, 0.29) is 11.9 Å². The van der Waals surface area contributed by atoms with E-state index in [4.69, 9.17) is 0 Å². The molecule has 2 bridgehead atoms. The molecule has 3 aliphatic rings. The first-order valence-electron chi connectivity index (χ1n) is 8.69. The molecule has 0 saturated carbocycles. The lowest BCUT2D eigenvalue weighted by atomic mass is 9.84. The molecule has 3 aromatic rings. The minimum Gasteiger partial charge on any atom is -0.346 e. The van der Waals surface area contributed by atoms with E-state index in [1.807, 2.05) is 23.6 Å². The number of nitrogens with zero attached hydrogens (tertiary/aromatic N) is 3. The Morgan fingerprint density at radius 3 is 2.92 bits per heavy atom. The highest BCUT2D eigenvalue weighted by molar-refractivity contribution is 7.13. The summed E-state index contributed by atoms with van der Waals surface area (Å²) in [7, 11) is 0. The van der Waals surface area contributed by atoms with Crippen molar-refractivity contribution in [1.82, 2.24) is 25.4 Å². The van der Waals surface area contributed by atoms with Crippen LogP contribution in [-0.4, -0.2) is 51.7 Å². The summed E-state index contributed by atoms with van der Waals surface area (Å²) in [6.45, 7) is 3.29. The minimum atomic E-state index is -0.0821. The zero-order chi connectivity index (χ0) is 16.8. The van der Waals surface area contributed by atoms with Gasteiger partial charge in [0.05, 0.1) is 5.52 Å². The van der Waals surface area contributed by atoms with Crippen molar-refractivity contribution in [2.45, 2.75) is 18.9 Å². The summed E-state index contributed by atoms with van der Waals surface area (Å²) in [4.78, 5) is 19.6. The Kier molecular flexibility index (Phi) is 3.57. The van der Waals surface area contributed by atoms with Gasteiger partial charge in [0.15, 0.2) is 5.69 Å². The second kappa shape index (κ2) is 5.93. The summed E-state index contributed by atoms with van der Waals surface area (Å²) in [5.41, 5.74) is 2.37. The lowest BCUT2D eigenvalue weighted by Crippen LogP contribution is -2.57. The van der Waals surface area contributed by atoms with Gasteiger partial charge in [-0.3, -0.25) is 9.89 Å². The van der Waals surface area contributed by atoms with Crippen LogP contribution in [0, 0.1) is 5.92 Å². The van der Waals surface area contributed by atoms with Crippen LogP contribution < -0.4 is 5.32 Å². The van der Waals surface area contributed by atoms with Crippen molar-refractivity contribution in [2.24, 2.45) is 5.92 Å². The predicted octanol–water partition coefficient (Wildman–Crippen LogP) is 2.51. The van der Waals surface area contributed by atoms with Crippen LogP contribution in [0.25, 0.3) is 21.5 Å². The largest absolute Gasteiger partial charge is 0.346 e. The number of aromatic amines is 1. The zero-order valence-electron chi connectivity index (χ0n) is 13.7. The number of amides is 1. The average molecular weight is 353 g/mol. The Hall–Kier alpha value is -2.25. The van der Waals surface area contributed by atoms with E-state index in [9.17, 15) is 4.79 Å². The fraction of sp³-hybridized carbons (Fsp3) is 0.389. The van der Waals surface area contributed by atoms with Crippen molar-refractivity contribution in [3.63, 3.8) is 0 Å². The quantitative estimate of drug-likeness (QED) is 0.759. The highest BCUT2D eigenvalue weighted by Gasteiger charge is 2.35. The zero-order valence-corrected chi connectivity index (χ0v) is 14.6. The van der Waals surface area contributed by atoms with Crippen LogP contribution in [0.2, 0.25) is 0 Å². The molecule has 3 saturated heterocycles. The third kappa shape index (κ3) is 2.63. The smallest absolute Gasteiger partial charge is 0.272 e. The molecular formula is C18H19N5OS. The number of carbonyl (C=O) groups is 1. The van der Waals surface area contributed by atoms with Gasteiger partial charge in [-0.25, -0.2) is 4.98 Å². The molecule has 0 spiro atoms. The SMILES string of the molecule is O=C(N[C@@H]1CN2CCC1CC2)c1n[nH]c2ccc(-c3nccs3)cc12. The highest BCUT2D eigenvalue weighted by atomic mass is 32.1. The summed E-state index contributed by atoms with van der Waals surface area (Å²) in [5, 5.41) is 14.2. The summed E-state index contributed by atoms with van der Waals surface area (Å²) in [6.07, 6.45) is 4.15. The van der Waals surface area contributed by atoms with Crippen LogP contribution in [0.3, 0.4) is 0 Å². The number of rotatable bonds is 3. The number of thiazole rings is 1. The van der Waals surface area contributed by atoms with Gasteiger partial charge in [0.2, 0.25) is 0 Å². The standard InChI is InChI=1S/C18H19N5OS/c24-17(20-15-10-23-6-3-11(15)4-7-23)16-13-9-12(18-19-5-8-25-18)1-2-14(13)21-22-16/h1-2,5,8-9,11,15H,3-4,6-7,10H2,(H,20,24)(H,21,22)/t15-/m1/s1. The van der Waals surface area contributed by atoms with Gasteiger partial charge < -0.3 is 10.2 Å². The highest BCUT2D eigenvalue weighted by Crippen LogP contribution is 2.29. The summed E-state index contributed by atoms with van der Waals surface area (Å²) in [6, 6.07) is 6.21. The molecule has 2 aromatic heterocycles. The van der Waals surface area contributed by atoms with Gasteiger partial charge in [-0.15, -0.1) is 11.3 Å². The van der Waals surface area contributed by atoms with Gasteiger partial charge in [0.25, 0.3) is 5.91 Å². The number of hydrogen-bond acceptors (Lipinski definition) is 5. The first kappa shape index (κ1) is 15.0. The summed E-state index contributed by atoms with van der Waals surface area (Å²) < 4.78 is 0. The molecule has 2 N–H and O–H groups in total. The van der Waals surface area contributed by atoms with E-state index in [0.717, 1.165) is 28.0 Å². The Bertz CT molecular complexity index is 911. The van der Waals surface area contributed by atoms with E-state index < -0.39 is 0 Å². The van der Waals surface area contributed by atoms with E-state index in [1.165, 1.54) is 25.9 Å². The van der Waals surface area contributed by atoms with E-state index in [1.54, 1.807) is 17.5 Å². The molecule has 0 unspecified atom stereocenters. The Labute approximate surface area is 149 Å². The Morgan fingerprint density at radius 1 is 1.32 bits per heavy atom. The molecule has 1 atom stereocenters. The maximum absolute atomic E-state index is 12.8. The summed E-state index contributed by atoms with van der Waals surface area (Å²) in [5.74, 6) is 0.520. The first-order chi connectivity index (χ1) is 12.3. The molecular weight excluding hydrogens is 334 g/mol. The maximum Gasteiger partial charge on any atom is 0.272 e. The second-order valence-electron chi connectivity index (χ2n) is 6.89. The van der Waals surface area contributed by atoms with Gasteiger partial charge in [-0.1, -0.05) is 0 Å². The molecule has 6 rings (SSSR count). The van der Waals surface area contributed by atoms with E-state index in [0.29, 0.717) is 11.6 Å². The van der Waals surface area contributed by atoms with E-state index in [2.05, 4.69) is 25.4 Å². The van der Waals surface area contributed by atoms with Crippen molar-refractivity contribution in [1.29, 1.82) is 0 Å². The van der Waals surface area contributed by atoms with Crippen LogP contribution in [0.15, 0.2) is 29.8 Å². The average Bonchev–Trinajstić information content (AvgIpc) is 3.32. The van der Waals surface area contributed by atoms with Crippen LogP contribution in [0.1, 0.15) is 23.3 Å². The Balaban J connectivity index is 1.44. The van der Waals surface area contributed by atoms with Gasteiger partial charge in [-0.05, 0) is 50.0 Å². The fourth-order valence-corrected chi connectivity index (χ4v) is 4.69. The number of carbonyl (C=O) groups excluding carboxylic acids is 1. The molecule has 0 aliphatic carbocycles. The number of fused-ring (bicyclic) bond motifs is 4. The third-order valence-electron chi connectivity index (χ3n) is 5.43. The molecule has 25 heavy (non-hydrogen) atoms. The number of hydrogen-bond donors (Lipinski definition) is 2. The van der Waals surface area contributed by atoms with Crippen LogP contribution >= 0.6 is 11.3 Å². The number of piperidine rings is 3. The van der Waals surface area contributed by atoms with Crippen LogP contribution in [0.5, 0.6) is 0 Å². The lowest BCUT2D eigenvalue weighted by Gasteiger charge is -2.44. The van der Waals surface area contributed by atoms with Crippen molar-refractivity contribution in [3.8, 4) is 10.6 Å². The van der Waals surface area contributed by atoms with Crippen molar-refractivity contribution in [2.75, 3.05) is 19.6 Å². The molecule has 128 valence electrons. The second-order valence-corrected chi connectivity index (χ2v) is 7.78. The molecule has 7 heteroatoms. The topological polar surface area (TPSA) is 73.9 Å². The van der Waals surface area contributed by atoms with Crippen molar-refractivity contribution >= 4 is 28.1 Å². The fourth-order valence-electron chi connectivity index (χ4n) is 4.05. The number of benzene rings is 1. The Morgan fingerprint density at radius 2 is 2.20 bits per heavy atom. The van der Waals surface area contributed by atoms with Crippen LogP contribution in [-0.2, 0) is 0 Å². The van der Waals surface area contributed by atoms with Gasteiger partial charge in [-0.2, -0.15) is 5.10 Å². The molecule has 1 amide bonds. The molecule has 1 aromatic carbocycles. The third-order valence-corrected chi connectivity index (χ3v) is 6.25. The molecule has 3 aliphatic heterocycles. The molecule has 0 radical (unpaired) electrons. The lowest BCUT2D eigenvalue weighted by molar-refractivity contribution is 0.0618. The summed E-state index contributed by atoms with van der Waals surface area (Å²) >= 11 is 1.59. The molecule has 3 fully saturated rings. The normalized spacial score (nSPS) is 25.4. The predicted molar refractivity (Wildman–Crippen MR) is 97.6 cm³/mol. The van der Waals surface area contributed by atoms with Gasteiger partial charge in [0.1, 0.15) is 5.01 Å². The maximum atomic E-state index is 12.8. The van der Waals surface area contributed by atoms with Crippen molar-refractivity contribution < 1.29 is 4.79 Å². The monoisotopic (exact) mass is 353 g/mol.